The summed E-state index contributed by atoms with van der Waals surface area (Å²) in [6.07, 6.45) is 4.64. The number of rotatable bonds is 7. The van der Waals surface area contributed by atoms with Gasteiger partial charge in [0.15, 0.2) is 0 Å². The molecule has 0 atom stereocenters. The Kier molecular flexibility index (Phi) is 6.28. The zero-order valence-electron chi connectivity index (χ0n) is 14.7. The van der Waals surface area contributed by atoms with Gasteiger partial charge in [-0.05, 0) is 48.9 Å². The van der Waals surface area contributed by atoms with Gasteiger partial charge in [-0.15, -0.1) is 0 Å². The minimum atomic E-state index is -0.136. The molecule has 5 nitrogen and oxygen atoms in total. The van der Waals surface area contributed by atoms with Gasteiger partial charge in [0.05, 0.1) is 11.4 Å². The predicted octanol–water partition coefficient (Wildman–Crippen LogP) is 4.28. The van der Waals surface area contributed by atoms with Crippen molar-refractivity contribution in [1.82, 2.24) is 9.88 Å². The lowest BCUT2D eigenvalue weighted by Crippen LogP contribution is -2.25. The van der Waals surface area contributed by atoms with E-state index in [0.29, 0.717) is 35.7 Å². The van der Waals surface area contributed by atoms with E-state index in [1.807, 2.05) is 47.3 Å². The van der Waals surface area contributed by atoms with Crippen LogP contribution < -0.4 is 10.6 Å². The van der Waals surface area contributed by atoms with E-state index >= 15 is 0 Å². The van der Waals surface area contributed by atoms with Crippen molar-refractivity contribution in [2.75, 3.05) is 11.9 Å². The summed E-state index contributed by atoms with van der Waals surface area (Å²) < 4.78 is 1.89. The standard InChI is InChI=1S/C21H20ClN3O2/c22-17-10-11-18(19(15-17)25-13-4-5-14-25)24-20(26)9-6-12-23-21(27)16-7-2-1-3-8-16/h1-5,7-8,10-11,13-15H,6,9,12H2,(H,23,27)(H,24,26). The van der Waals surface area contributed by atoms with Gasteiger partial charge in [0.2, 0.25) is 5.91 Å². The maximum atomic E-state index is 12.3. The zero-order chi connectivity index (χ0) is 19.1. The number of benzene rings is 2. The summed E-state index contributed by atoms with van der Waals surface area (Å²) >= 11 is 6.09. The molecule has 0 unspecified atom stereocenters. The molecule has 0 fully saturated rings. The molecule has 3 rings (SSSR count). The maximum absolute atomic E-state index is 12.3. The van der Waals surface area contributed by atoms with Gasteiger partial charge in [0.25, 0.3) is 5.91 Å². The molecule has 1 heterocycles. The molecule has 6 heteroatoms. The van der Waals surface area contributed by atoms with E-state index in [1.165, 1.54) is 0 Å². The molecule has 3 aromatic rings. The summed E-state index contributed by atoms with van der Waals surface area (Å²) in [5, 5.41) is 6.33. The Bertz CT molecular complexity index is 908. The van der Waals surface area contributed by atoms with Gasteiger partial charge in [-0.25, -0.2) is 0 Å². The molecule has 138 valence electrons. The lowest BCUT2D eigenvalue weighted by molar-refractivity contribution is -0.116. The number of amides is 2. The average molecular weight is 382 g/mol. The van der Waals surface area contributed by atoms with E-state index in [-0.39, 0.29) is 11.8 Å². The summed E-state index contributed by atoms with van der Waals surface area (Å²) in [5.74, 6) is -0.247. The minimum absolute atomic E-state index is 0.111. The molecule has 2 aromatic carbocycles. The van der Waals surface area contributed by atoms with Crippen molar-refractivity contribution in [3.05, 3.63) is 83.6 Å². The minimum Gasteiger partial charge on any atom is -0.352 e. The second kappa shape index (κ2) is 9.05. The quantitative estimate of drug-likeness (QED) is 0.600. The fourth-order valence-corrected chi connectivity index (χ4v) is 2.84. The molecule has 0 bridgehead atoms. The Balaban J connectivity index is 1.51. The van der Waals surface area contributed by atoms with Crippen LogP contribution in [0.4, 0.5) is 5.69 Å². The second-order valence-electron chi connectivity index (χ2n) is 6.03. The number of carbonyl (C=O) groups is 2. The molecule has 0 spiro atoms. The number of carbonyl (C=O) groups excluding carboxylic acids is 2. The molecule has 0 radical (unpaired) electrons. The average Bonchev–Trinajstić information content (AvgIpc) is 3.22. The molecular formula is C21H20ClN3O2. The van der Waals surface area contributed by atoms with Crippen LogP contribution in [0, 0.1) is 0 Å². The Morgan fingerprint density at radius 1 is 0.963 bits per heavy atom. The predicted molar refractivity (Wildman–Crippen MR) is 107 cm³/mol. The number of nitrogens with one attached hydrogen (secondary N) is 2. The molecular weight excluding hydrogens is 362 g/mol. The van der Waals surface area contributed by atoms with Gasteiger partial charge >= 0.3 is 0 Å². The van der Waals surface area contributed by atoms with Crippen molar-refractivity contribution in [2.45, 2.75) is 12.8 Å². The van der Waals surface area contributed by atoms with Crippen molar-refractivity contribution in [1.29, 1.82) is 0 Å². The van der Waals surface area contributed by atoms with Gasteiger partial charge in [-0.3, -0.25) is 9.59 Å². The summed E-state index contributed by atoms with van der Waals surface area (Å²) in [6, 6.07) is 18.1. The van der Waals surface area contributed by atoms with Crippen LogP contribution >= 0.6 is 11.6 Å². The van der Waals surface area contributed by atoms with E-state index in [4.69, 9.17) is 11.6 Å². The zero-order valence-corrected chi connectivity index (χ0v) is 15.4. The van der Waals surface area contributed by atoms with Gasteiger partial charge in [0, 0.05) is 35.9 Å². The first kappa shape index (κ1) is 18.7. The SMILES string of the molecule is O=C(CCCNC(=O)c1ccccc1)Nc1ccc(Cl)cc1-n1cccc1. The van der Waals surface area contributed by atoms with E-state index in [9.17, 15) is 9.59 Å². The van der Waals surface area contributed by atoms with Crippen LogP contribution in [0.15, 0.2) is 73.1 Å². The highest BCUT2D eigenvalue weighted by molar-refractivity contribution is 6.30. The largest absolute Gasteiger partial charge is 0.352 e. The summed E-state index contributed by atoms with van der Waals surface area (Å²) in [5.41, 5.74) is 2.10. The van der Waals surface area contributed by atoms with Crippen molar-refractivity contribution in [2.24, 2.45) is 0 Å². The first-order valence-corrected chi connectivity index (χ1v) is 9.07. The lowest BCUT2D eigenvalue weighted by Gasteiger charge is -2.13. The van der Waals surface area contributed by atoms with Crippen molar-refractivity contribution in [3.8, 4) is 5.69 Å². The number of hydrogen-bond acceptors (Lipinski definition) is 2. The first-order chi connectivity index (χ1) is 13.1. The molecule has 0 saturated heterocycles. The van der Waals surface area contributed by atoms with Gasteiger partial charge in [0.1, 0.15) is 0 Å². The van der Waals surface area contributed by atoms with Gasteiger partial charge < -0.3 is 15.2 Å². The summed E-state index contributed by atoms with van der Waals surface area (Å²) in [7, 11) is 0. The Labute approximate surface area is 163 Å². The third-order valence-corrected chi connectivity index (χ3v) is 4.25. The lowest BCUT2D eigenvalue weighted by atomic mass is 10.2. The fraction of sp³-hybridized carbons (Fsp3) is 0.143. The third-order valence-electron chi connectivity index (χ3n) is 4.02. The van der Waals surface area contributed by atoms with Gasteiger partial charge in [-0.1, -0.05) is 29.8 Å². The molecule has 27 heavy (non-hydrogen) atoms. The number of aromatic nitrogens is 1. The van der Waals surface area contributed by atoms with E-state index in [2.05, 4.69) is 10.6 Å². The van der Waals surface area contributed by atoms with Crippen LogP contribution in [0.5, 0.6) is 0 Å². The third kappa shape index (κ3) is 5.21. The second-order valence-corrected chi connectivity index (χ2v) is 6.46. The number of halogens is 1. The van der Waals surface area contributed by atoms with Gasteiger partial charge in [-0.2, -0.15) is 0 Å². The van der Waals surface area contributed by atoms with Crippen LogP contribution in [0.1, 0.15) is 23.2 Å². The summed E-state index contributed by atoms with van der Waals surface area (Å²) in [4.78, 5) is 24.2. The monoisotopic (exact) mass is 381 g/mol. The van der Waals surface area contributed by atoms with Crippen molar-refractivity contribution < 1.29 is 9.59 Å². The topological polar surface area (TPSA) is 63.1 Å². The Hall–Kier alpha value is -3.05. The van der Waals surface area contributed by atoms with E-state index < -0.39 is 0 Å². The fourth-order valence-electron chi connectivity index (χ4n) is 2.67. The normalized spacial score (nSPS) is 10.4. The molecule has 1 aromatic heterocycles. The Morgan fingerprint density at radius 2 is 1.70 bits per heavy atom. The first-order valence-electron chi connectivity index (χ1n) is 8.69. The molecule has 0 aliphatic heterocycles. The molecule has 0 saturated carbocycles. The number of hydrogen-bond donors (Lipinski definition) is 2. The van der Waals surface area contributed by atoms with E-state index in [0.717, 1.165) is 5.69 Å². The highest BCUT2D eigenvalue weighted by atomic mass is 35.5. The van der Waals surface area contributed by atoms with Crippen LogP contribution in [0.25, 0.3) is 5.69 Å². The van der Waals surface area contributed by atoms with Crippen LogP contribution in [-0.4, -0.2) is 22.9 Å². The summed E-state index contributed by atoms with van der Waals surface area (Å²) in [6.45, 7) is 0.437. The molecule has 0 aliphatic carbocycles. The Morgan fingerprint density at radius 3 is 2.44 bits per heavy atom. The smallest absolute Gasteiger partial charge is 0.251 e. The van der Waals surface area contributed by atoms with Crippen molar-refractivity contribution >= 4 is 29.1 Å². The highest BCUT2D eigenvalue weighted by Gasteiger charge is 2.10. The number of anilines is 1. The van der Waals surface area contributed by atoms with E-state index in [1.54, 1.807) is 30.3 Å². The van der Waals surface area contributed by atoms with Crippen LogP contribution in [0.2, 0.25) is 5.02 Å². The molecule has 0 aliphatic rings. The number of nitrogens with zero attached hydrogens (tertiary/aromatic N) is 1. The molecule has 2 N–H and O–H groups in total. The maximum Gasteiger partial charge on any atom is 0.251 e. The van der Waals surface area contributed by atoms with Crippen molar-refractivity contribution in [3.63, 3.8) is 0 Å². The van der Waals surface area contributed by atoms with Crippen LogP contribution in [-0.2, 0) is 4.79 Å². The highest BCUT2D eigenvalue weighted by Crippen LogP contribution is 2.24. The molecule has 2 amide bonds. The van der Waals surface area contributed by atoms with Crippen LogP contribution in [0.3, 0.4) is 0 Å².